The molecule has 8 nitrogen and oxygen atoms in total. The van der Waals surface area contributed by atoms with E-state index in [0.717, 1.165) is 41.8 Å². The normalized spacial score (nSPS) is 10.8. The molecule has 4 aromatic rings. The van der Waals surface area contributed by atoms with Crippen LogP contribution in [0.3, 0.4) is 0 Å². The summed E-state index contributed by atoms with van der Waals surface area (Å²) in [4.78, 5) is 15.6. The number of benzene rings is 2. The third-order valence-electron chi connectivity index (χ3n) is 4.97. The number of aromatic amines is 1. The third-order valence-corrected chi connectivity index (χ3v) is 4.97. The highest BCUT2D eigenvalue weighted by Crippen LogP contribution is 2.29. The van der Waals surface area contributed by atoms with Gasteiger partial charge < -0.3 is 9.30 Å². The summed E-state index contributed by atoms with van der Waals surface area (Å²) in [6.45, 7) is 0.723. The molecule has 0 aliphatic carbocycles. The van der Waals surface area contributed by atoms with Crippen molar-refractivity contribution in [3.63, 3.8) is 0 Å². The van der Waals surface area contributed by atoms with Crippen LogP contribution in [-0.2, 0) is 22.5 Å². The molecule has 0 saturated carbocycles. The average molecular weight is 402 g/mol. The van der Waals surface area contributed by atoms with E-state index in [9.17, 15) is 4.79 Å². The molecule has 0 aliphatic heterocycles. The van der Waals surface area contributed by atoms with Crippen molar-refractivity contribution in [3.05, 3.63) is 72.3 Å². The van der Waals surface area contributed by atoms with Gasteiger partial charge in [-0.25, -0.2) is 4.98 Å². The Hall–Kier alpha value is -3.81. The minimum atomic E-state index is -0.183. The molecule has 0 atom stereocenters. The van der Waals surface area contributed by atoms with Crippen molar-refractivity contribution >= 4 is 5.97 Å². The van der Waals surface area contributed by atoms with Gasteiger partial charge in [0.05, 0.1) is 13.4 Å². The van der Waals surface area contributed by atoms with Crippen LogP contribution in [0.5, 0.6) is 0 Å². The second-order valence-electron chi connectivity index (χ2n) is 6.92. The summed E-state index contributed by atoms with van der Waals surface area (Å²) < 4.78 is 6.81. The lowest BCUT2D eigenvalue weighted by molar-refractivity contribution is -0.140. The molecular weight excluding hydrogens is 380 g/mol. The van der Waals surface area contributed by atoms with Crippen LogP contribution in [0, 0.1) is 0 Å². The SMILES string of the molecule is COC(=O)CCCc1cncn1Cc1ccc(-c2ccccc2-c2nn[nH]n2)cc1. The Morgan fingerprint density at radius 2 is 1.90 bits per heavy atom. The summed E-state index contributed by atoms with van der Waals surface area (Å²) in [6, 6.07) is 16.4. The number of imidazole rings is 1. The summed E-state index contributed by atoms with van der Waals surface area (Å²) in [5.74, 6) is 0.391. The fourth-order valence-corrected chi connectivity index (χ4v) is 3.41. The summed E-state index contributed by atoms with van der Waals surface area (Å²) in [5.41, 5.74) is 5.34. The molecule has 152 valence electrons. The van der Waals surface area contributed by atoms with E-state index >= 15 is 0 Å². The molecule has 2 heterocycles. The predicted molar refractivity (Wildman–Crippen MR) is 111 cm³/mol. The highest BCUT2D eigenvalue weighted by Gasteiger charge is 2.11. The van der Waals surface area contributed by atoms with Crippen LogP contribution in [0.25, 0.3) is 22.5 Å². The van der Waals surface area contributed by atoms with Gasteiger partial charge in [-0.15, -0.1) is 10.2 Å². The quantitative estimate of drug-likeness (QED) is 0.454. The molecule has 0 aliphatic rings. The van der Waals surface area contributed by atoms with Crippen molar-refractivity contribution in [1.82, 2.24) is 30.2 Å². The lowest BCUT2D eigenvalue weighted by atomic mass is 9.98. The van der Waals surface area contributed by atoms with Crippen LogP contribution in [0.4, 0.5) is 0 Å². The van der Waals surface area contributed by atoms with Gasteiger partial charge in [0.15, 0.2) is 0 Å². The van der Waals surface area contributed by atoms with Gasteiger partial charge in [0.25, 0.3) is 0 Å². The first-order valence-electron chi connectivity index (χ1n) is 9.72. The fraction of sp³-hybridized carbons (Fsp3) is 0.227. The molecule has 4 rings (SSSR count). The zero-order chi connectivity index (χ0) is 20.8. The van der Waals surface area contributed by atoms with E-state index in [1.54, 1.807) is 0 Å². The number of aromatic nitrogens is 6. The van der Waals surface area contributed by atoms with E-state index in [2.05, 4.69) is 60.5 Å². The van der Waals surface area contributed by atoms with E-state index in [1.165, 1.54) is 12.7 Å². The molecule has 0 radical (unpaired) electrons. The first-order chi connectivity index (χ1) is 14.7. The highest BCUT2D eigenvalue weighted by atomic mass is 16.5. The summed E-state index contributed by atoms with van der Waals surface area (Å²) in [5, 5.41) is 14.4. The van der Waals surface area contributed by atoms with Crippen molar-refractivity contribution in [2.75, 3.05) is 7.11 Å². The monoisotopic (exact) mass is 402 g/mol. The van der Waals surface area contributed by atoms with Gasteiger partial charge in [0.2, 0.25) is 5.82 Å². The van der Waals surface area contributed by atoms with Crippen LogP contribution in [0.15, 0.2) is 61.1 Å². The number of esters is 1. The molecule has 2 aromatic heterocycles. The summed E-state index contributed by atoms with van der Waals surface area (Å²) >= 11 is 0. The third kappa shape index (κ3) is 4.43. The van der Waals surface area contributed by atoms with Crippen molar-refractivity contribution in [2.45, 2.75) is 25.8 Å². The molecule has 2 aromatic carbocycles. The minimum absolute atomic E-state index is 0.183. The Balaban J connectivity index is 1.47. The molecule has 30 heavy (non-hydrogen) atoms. The molecule has 0 spiro atoms. The lowest BCUT2D eigenvalue weighted by Crippen LogP contribution is -2.05. The number of hydrogen-bond donors (Lipinski definition) is 1. The lowest BCUT2D eigenvalue weighted by Gasteiger charge is -2.10. The van der Waals surface area contributed by atoms with Gasteiger partial charge in [-0.2, -0.15) is 5.21 Å². The molecule has 8 heteroatoms. The number of nitrogens with zero attached hydrogens (tertiary/aromatic N) is 5. The Bertz CT molecular complexity index is 1100. The number of carbonyl (C=O) groups excluding carboxylic acids is 1. The molecule has 0 unspecified atom stereocenters. The number of nitrogens with one attached hydrogen (secondary N) is 1. The van der Waals surface area contributed by atoms with E-state index in [1.807, 2.05) is 30.7 Å². The number of ether oxygens (including phenoxy) is 1. The second kappa shape index (κ2) is 9.13. The predicted octanol–water partition coefficient (Wildman–Crippen LogP) is 3.27. The topological polar surface area (TPSA) is 98.6 Å². The Kier molecular flexibility index (Phi) is 5.93. The maximum atomic E-state index is 11.3. The van der Waals surface area contributed by atoms with Gasteiger partial charge in [-0.3, -0.25) is 4.79 Å². The van der Waals surface area contributed by atoms with Crippen LogP contribution in [-0.4, -0.2) is 43.3 Å². The largest absolute Gasteiger partial charge is 0.469 e. The Labute approximate surface area is 173 Å². The van der Waals surface area contributed by atoms with Crippen molar-refractivity contribution in [1.29, 1.82) is 0 Å². The number of tetrazole rings is 1. The molecule has 0 amide bonds. The van der Waals surface area contributed by atoms with Gasteiger partial charge in [0.1, 0.15) is 0 Å². The maximum Gasteiger partial charge on any atom is 0.305 e. The van der Waals surface area contributed by atoms with Gasteiger partial charge in [0, 0.05) is 30.4 Å². The Morgan fingerprint density at radius 1 is 1.10 bits per heavy atom. The van der Waals surface area contributed by atoms with Crippen molar-refractivity contribution in [2.24, 2.45) is 0 Å². The number of aryl methyl sites for hydroxylation is 1. The fourth-order valence-electron chi connectivity index (χ4n) is 3.41. The van der Waals surface area contributed by atoms with Crippen molar-refractivity contribution in [3.8, 4) is 22.5 Å². The standard InChI is InChI=1S/C22H22N6O2/c1-30-21(29)8-4-5-18-13-23-15-28(18)14-16-9-11-17(12-10-16)19-6-2-3-7-20(19)22-24-26-27-25-22/h2-3,6-7,9-13,15H,4-5,8,14H2,1H3,(H,24,25,26,27). The number of carbonyl (C=O) groups is 1. The molecule has 0 saturated heterocycles. The van der Waals surface area contributed by atoms with Gasteiger partial charge >= 0.3 is 5.97 Å². The second-order valence-corrected chi connectivity index (χ2v) is 6.92. The maximum absolute atomic E-state index is 11.3. The van der Waals surface area contributed by atoms with Crippen LogP contribution < -0.4 is 0 Å². The number of rotatable bonds is 8. The van der Waals surface area contributed by atoms with Crippen LogP contribution in [0.2, 0.25) is 0 Å². The first-order valence-corrected chi connectivity index (χ1v) is 9.72. The smallest absolute Gasteiger partial charge is 0.305 e. The minimum Gasteiger partial charge on any atom is -0.469 e. The zero-order valence-corrected chi connectivity index (χ0v) is 16.7. The molecular formula is C22H22N6O2. The first kappa shape index (κ1) is 19.5. The molecule has 0 fully saturated rings. The highest BCUT2D eigenvalue weighted by molar-refractivity contribution is 5.80. The summed E-state index contributed by atoms with van der Waals surface area (Å²) in [7, 11) is 1.41. The summed E-state index contributed by atoms with van der Waals surface area (Å²) in [6.07, 6.45) is 5.62. The molecule has 1 N–H and O–H groups in total. The van der Waals surface area contributed by atoms with Crippen molar-refractivity contribution < 1.29 is 9.53 Å². The van der Waals surface area contributed by atoms with Gasteiger partial charge in [-0.1, -0.05) is 48.5 Å². The van der Waals surface area contributed by atoms with E-state index < -0.39 is 0 Å². The Morgan fingerprint density at radius 3 is 2.63 bits per heavy atom. The number of H-pyrrole nitrogens is 1. The van der Waals surface area contributed by atoms with E-state index in [-0.39, 0.29) is 5.97 Å². The molecule has 0 bridgehead atoms. The number of methoxy groups -OCH3 is 1. The van der Waals surface area contributed by atoms with Crippen LogP contribution in [0.1, 0.15) is 24.1 Å². The van der Waals surface area contributed by atoms with Gasteiger partial charge in [-0.05, 0) is 34.7 Å². The zero-order valence-electron chi connectivity index (χ0n) is 16.7. The van der Waals surface area contributed by atoms with E-state index in [4.69, 9.17) is 4.74 Å². The van der Waals surface area contributed by atoms with Crippen LogP contribution >= 0.6 is 0 Å². The van der Waals surface area contributed by atoms with E-state index in [0.29, 0.717) is 12.2 Å². The average Bonchev–Trinajstić information content (AvgIpc) is 3.47. The number of hydrogen-bond acceptors (Lipinski definition) is 6.